The Labute approximate surface area is 174 Å². The lowest BCUT2D eigenvalue weighted by atomic mass is 9.64. The largest absolute Gasteiger partial charge is 0.380 e. The zero-order valence-corrected chi connectivity index (χ0v) is 18.7. The second-order valence-electron chi connectivity index (χ2n) is 5.43. The van der Waals surface area contributed by atoms with Gasteiger partial charge in [-0.15, -0.1) is 24.2 Å². The number of hydrogen-bond donors (Lipinski definition) is 2. The van der Waals surface area contributed by atoms with Crippen molar-refractivity contribution < 1.29 is 4.39 Å². The van der Waals surface area contributed by atoms with Crippen LogP contribution in [0.4, 0.5) is 10.1 Å². The third-order valence-corrected chi connectivity index (χ3v) is 4.73. The number of aromatic nitrogens is 1. The highest BCUT2D eigenvalue weighted by Crippen LogP contribution is 2.27. The predicted octanol–water partition coefficient (Wildman–Crippen LogP) is 4.74. The van der Waals surface area contributed by atoms with Crippen molar-refractivity contribution in [2.75, 3.05) is 11.9 Å². The topological polar surface area (TPSA) is 50.9 Å². The van der Waals surface area contributed by atoms with Crippen molar-refractivity contribution in [2.45, 2.75) is 54.3 Å². The van der Waals surface area contributed by atoms with Crippen LogP contribution in [0.3, 0.4) is 0 Å². The van der Waals surface area contributed by atoms with Gasteiger partial charge in [-0.3, -0.25) is 4.98 Å². The highest BCUT2D eigenvalue weighted by molar-refractivity contribution is 7.09. The van der Waals surface area contributed by atoms with Gasteiger partial charge in [0.2, 0.25) is 0 Å². The molecule has 3 N–H and O–H groups in total. The molecule has 151 valence electrons. The number of fused-ring (bicyclic) bond motifs is 1. The van der Waals surface area contributed by atoms with Crippen molar-refractivity contribution in [1.29, 1.82) is 0 Å². The summed E-state index contributed by atoms with van der Waals surface area (Å²) in [6.07, 6.45) is 6.86. The van der Waals surface area contributed by atoms with Crippen LogP contribution in [0.5, 0.6) is 0 Å². The second-order valence-corrected chi connectivity index (χ2v) is 6.47. The quantitative estimate of drug-likeness (QED) is 0.563. The first-order valence-electron chi connectivity index (χ1n) is 9.61. The molecule has 3 rings (SSSR count). The van der Waals surface area contributed by atoms with E-state index in [4.69, 9.17) is 5.73 Å². The van der Waals surface area contributed by atoms with Gasteiger partial charge in [0.15, 0.2) is 7.28 Å². The number of pyridine rings is 1. The molecule has 0 amide bonds. The molecule has 6 heteroatoms. The minimum atomic E-state index is -1.14. The van der Waals surface area contributed by atoms with Crippen molar-refractivity contribution in [2.24, 2.45) is 5.73 Å². The fourth-order valence-electron chi connectivity index (χ4n) is 2.71. The third kappa shape index (κ3) is 6.51. The Kier molecular flexibility index (Phi) is 12.9. The van der Waals surface area contributed by atoms with Gasteiger partial charge in [-0.1, -0.05) is 39.2 Å². The van der Waals surface area contributed by atoms with Gasteiger partial charge in [0, 0.05) is 29.3 Å². The van der Waals surface area contributed by atoms with E-state index < -0.39 is 6.17 Å². The first-order chi connectivity index (χ1) is 13.6. The Morgan fingerprint density at radius 1 is 1.25 bits per heavy atom. The summed E-state index contributed by atoms with van der Waals surface area (Å²) in [4.78, 5) is 5.83. The number of terminal acetylenes is 1. The van der Waals surface area contributed by atoms with Gasteiger partial charge in [0.1, 0.15) is 6.17 Å². The number of allylic oxidation sites excluding steroid dienone is 1. The van der Waals surface area contributed by atoms with E-state index in [0.29, 0.717) is 5.47 Å². The molecule has 1 aliphatic rings. The van der Waals surface area contributed by atoms with E-state index in [-0.39, 0.29) is 6.54 Å². The number of aryl methyl sites for hydroxylation is 1. The van der Waals surface area contributed by atoms with Gasteiger partial charge in [-0.25, -0.2) is 4.39 Å². The molecule has 1 unspecified atom stereocenters. The van der Waals surface area contributed by atoms with Crippen LogP contribution in [0.25, 0.3) is 5.57 Å². The molecule has 3 nitrogen and oxygen atoms in total. The number of nitrogens with one attached hydrogen (secondary N) is 1. The van der Waals surface area contributed by atoms with Gasteiger partial charge >= 0.3 is 0 Å². The van der Waals surface area contributed by atoms with Crippen LogP contribution in [0, 0.1) is 19.8 Å². The van der Waals surface area contributed by atoms with E-state index in [1.165, 1.54) is 4.88 Å². The molecule has 0 saturated heterocycles. The van der Waals surface area contributed by atoms with E-state index >= 15 is 0 Å². The van der Waals surface area contributed by atoms with E-state index in [0.717, 1.165) is 34.7 Å². The highest BCUT2D eigenvalue weighted by Gasteiger charge is 2.28. The van der Waals surface area contributed by atoms with Crippen molar-refractivity contribution in [3.8, 4) is 12.8 Å². The van der Waals surface area contributed by atoms with Gasteiger partial charge in [0.25, 0.3) is 0 Å². The van der Waals surface area contributed by atoms with Crippen molar-refractivity contribution >= 4 is 35.3 Å². The van der Waals surface area contributed by atoms with Gasteiger partial charge in [0.05, 0.1) is 5.69 Å². The molecule has 2 aromatic heterocycles. The lowest BCUT2D eigenvalue weighted by Gasteiger charge is -2.12. The summed E-state index contributed by atoms with van der Waals surface area (Å²) in [6, 6.07) is 6.14. The fraction of sp³-hybridized carbons (Fsp3) is 0.409. The zero-order chi connectivity index (χ0) is 21.7. The summed E-state index contributed by atoms with van der Waals surface area (Å²) < 4.78 is 14.0. The maximum atomic E-state index is 14.0. The second kappa shape index (κ2) is 14.0. The van der Waals surface area contributed by atoms with Crippen LogP contribution in [-0.2, 0) is 6.54 Å². The standard InChI is InChI=1S/C16H18BFN3S.2C2H6.C2H2/c1-9-6-13(20-8-11-4-3-5-22-11)15-16(21-9)10(2)14(17-15)12(18)7-19;3*1-2/h3-6,12H,7-8,19H2,1-2H3,(H,20,21);2*1-2H3;1-2H. The summed E-state index contributed by atoms with van der Waals surface area (Å²) in [5, 5.41) is 5.50. The number of hydrogen-bond acceptors (Lipinski definition) is 4. The Hall–Kier alpha value is -2.10. The fourth-order valence-corrected chi connectivity index (χ4v) is 3.35. The first-order valence-corrected chi connectivity index (χ1v) is 10.5. The smallest absolute Gasteiger partial charge is 0.195 e. The van der Waals surface area contributed by atoms with E-state index in [9.17, 15) is 4.39 Å². The molecule has 0 aromatic carbocycles. The summed E-state index contributed by atoms with van der Waals surface area (Å²) in [5.41, 5.74) is 10.7. The molecule has 2 aromatic rings. The van der Waals surface area contributed by atoms with E-state index in [1.54, 1.807) is 11.3 Å². The van der Waals surface area contributed by atoms with Crippen LogP contribution < -0.4 is 16.5 Å². The average Bonchev–Trinajstić information content (AvgIpc) is 3.39. The van der Waals surface area contributed by atoms with E-state index in [2.05, 4.69) is 34.6 Å². The van der Waals surface area contributed by atoms with Crippen LogP contribution in [0.15, 0.2) is 29.1 Å². The molecule has 1 atom stereocenters. The van der Waals surface area contributed by atoms with Crippen LogP contribution in [0.2, 0.25) is 0 Å². The summed E-state index contributed by atoms with van der Waals surface area (Å²) in [6.45, 7) is 12.6. The molecule has 0 aliphatic carbocycles. The minimum absolute atomic E-state index is 0.00585. The first kappa shape index (κ1) is 25.9. The van der Waals surface area contributed by atoms with E-state index in [1.807, 2.05) is 61.0 Å². The highest BCUT2D eigenvalue weighted by atomic mass is 32.1. The Bertz CT molecular complexity index is 755. The van der Waals surface area contributed by atoms with Crippen molar-refractivity contribution in [1.82, 2.24) is 4.98 Å². The number of rotatable bonds is 5. The summed E-state index contributed by atoms with van der Waals surface area (Å²) in [5.74, 6) is 0. The number of alkyl halides is 1. The third-order valence-electron chi connectivity index (χ3n) is 3.85. The Morgan fingerprint density at radius 2 is 1.89 bits per heavy atom. The molecule has 0 saturated carbocycles. The van der Waals surface area contributed by atoms with Crippen LogP contribution in [0.1, 0.15) is 50.9 Å². The molecular formula is C22H32BFN3S. The molecule has 0 bridgehead atoms. The average molecular weight is 400 g/mol. The number of nitrogens with two attached hydrogens (primary N) is 1. The van der Waals surface area contributed by atoms with Crippen LogP contribution in [-0.4, -0.2) is 25.0 Å². The van der Waals surface area contributed by atoms with Crippen molar-refractivity contribution in [3.05, 3.63) is 45.3 Å². The molecule has 3 heterocycles. The predicted molar refractivity (Wildman–Crippen MR) is 125 cm³/mol. The number of thiophene rings is 1. The normalized spacial score (nSPS) is 12.1. The minimum Gasteiger partial charge on any atom is -0.380 e. The van der Waals surface area contributed by atoms with Gasteiger partial charge in [-0.2, -0.15) is 0 Å². The van der Waals surface area contributed by atoms with Gasteiger partial charge in [-0.05, 0) is 42.4 Å². The van der Waals surface area contributed by atoms with Crippen LogP contribution >= 0.6 is 11.3 Å². The molecule has 0 spiro atoms. The number of halogens is 1. The molecule has 1 radical (unpaired) electrons. The lowest BCUT2D eigenvalue weighted by molar-refractivity contribution is 0.402. The summed E-state index contributed by atoms with van der Waals surface area (Å²) >= 11 is 1.71. The molecular weight excluding hydrogens is 368 g/mol. The van der Waals surface area contributed by atoms with Gasteiger partial charge < -0.3 is 11.1 Å². The SMILES string of the molecule is C#C.CC.CC.CC1=C(C(F)CN)[B]c2c(NCc3cccs3)cc(C)nc21. The molecule has 0 fully saturated rings. The number of nitrogens with zero attached hydrogens (tertiary/aromatic N) is 1. The molecule has 1 aliphatic heterocycles. The molecule has 28 heavy (non-hydrogen) atoms. The lowest BCUT2D eigenvalue weighted by Crippen LogP contribution is -2.26. The Morgan fingerprint density at radius 3 is 2.43 bits per heavy atom. The maximum absolute atomic E-state index is 14.0. The maximum Gasteiger partial charge on any atom is 0.195 e. The zero-order valence-electron chi connectivity index (χ0n) is 17.8. The monoisotopic (exact) mass is 400 g/mol. The number of anilines is 1. The van der Waals surface area contributed by atoms with Crippen molar-refractivity contribution in [3.63, 3.8) is 0 Å². The Balaban J connectivity index is 0.00000111. The summed E-state index contributed by atoms with van der Waals surface area (Å²) in [7, 11) is 1.88.